The van der Waals surface area contributed by atoms with Crippen molar-refractivity contribution in [2.75, 3.05) is 5.75 Å². The quantitative estimate of drug-likeness (QED) is 0.842. The van der Waals surface area contributed by atoms with Gasteiger partial charge in [-0.1, -0.05) is 62.1 Å². The van der Waals surface area contributed by atoms with Gasteiger partial charge in [0, 0.05) is 6.04 Å². The molecular formula is C18H24N4OS. The number of carbonyl (C=O) groups is 1. The van der Waals surface area contributed by atoms with Crippen molar-refractivity contribution in [1.82, 2.24) is 20.1 Å². The van der Waals surface area contributed by atoms with E-state index in [1.807, 2.05) is 30.3 Å². The number of rotatable bonds is 5. The van der Waals surface area contributed by atoms with Gasteiger partial charge in [0.05, 0.1) is 11.4 Å². The van der Waals surface area contributed by atoms with Crippen LogP contribution < -0.4 is 5.32 Å². The maximum Gasteiger partial charge on any atom is 0.230 e. The maximum atomic E-state index is 12.2. The molecule has 1 aliphatic rings. The predicted octanol–water partition coefficient (Wildman–Crippen LogP) is 3.59. The Morgan fingerprint density at radius 2 is 1.83 bits per heavy atom. The van der Waals surface area contributed by atoms with E-state index >= 15 is 0 Å². The van der Waals surface area contributed by atoms with Gasteiger partial charge in [-0.3, -0.25) is 4.79 Å². The summed E-state index contributed by atoms with van der Waals surface area (Å²) in [6, 6.07) is 10.2. The molecule has 0 aliphatic heterocycles. The van der Waals surface area contributed by atoms with Crippen LogP contribution >= 0.6 is 11.8 Å². The highest BCUT2D eigenvalue weighted by molar-refractivity contribution is 7.99. The molecule has 24 heavy (non-hydrogen) atoms. The Morgan fingerprint density at radius 1 is 1.12 bits per heavy atom. The van der Waals surface area contributed by atoms with Gasteiger partial charge in [-0.25, -0.2) is 9.67 Å². The smallest absolute Gasteiger partial charge is 0.230 e. The molecule has 0 atom stereocenters. The third-order valence-corrected chi connectivity index (χ3v) is 5.15. The van der Waals surface area contributed by atoms with Crippen molar-refractivity contribution in [3.8, 4) is 5.69 Å². The van der Waals surface area contributed by atoms with Gasteiger partial charge < -0.3 is 5.32 Å². The highest BCUT2D eigenvalue weighted by Crippen LogP contribution is 2.18. The minimum atomic E-state index is 0.0848. The highest BCUT2D eigenvalue weighted by Gasteiger charge is 2.14. The van der Waals surface area contributed by atoms with Gasteiger partial charge in [-0.2, -0.15) is 0 Å². The molecule has 0 unspecified atom stereocenters. The van der Waals surface area contributed by atoms with E-state index in [0.717, 1.165) is 18.5 Å². The number of benzene rings is 1. The minimum absolute atomic E-state index is 0.0848. The lowest BCUT2D eigenvalue weighted by Crippen LogP contribution is -2.36. The number of nitrogens with zero attached hydrogens (tertiary/aromatic N) is 3. The number of carbonyl (C=O) groups excluding carboxylic acids is 1. The molecular weight excluding hydrogens is 320 g/mol. The van der Waals surface area contributed by atoms with Crippen molar-refractivity contribution in [2.45, 2.75) is 56.1 Å². The van der Waals surface area contributed by atoms with Crippen LogP contribution in [0.4, 0.5) is 0 Å². The molecule has 128 valence electrons. The van der Waals surface area contributed by atoms with Crippen molar-refractivity contribution in [1.29, 1.82) is 0 Å². The second kappa shape index (κ2) is 8.87. The summed E-state index contributed by atoms with van der Waals surface area (Å²) in [7, 11) is 0. The third kappa shape index (κ3) is 5.09. The molecule has 0 spiro atoms. The number of para-hydroxylation sites is 1. The molecule has 1 amide bonds. The number of hydrogen-bond acceptors (Lipinski definition) is 4. The number of aromatic nitrogens is 3. The second-order valence-electron chi connectivity index (χ2n) is 6.21. The third-order valence-electron chi connectivity index (χ3n) is 4.29. The lowest BCUT2D eigenvalue weighted by molar-refractivity contribution is -0.119. The zero-order chi connectivity index (χ0) is 16.6. The van der Waals surface area contributed by atoms with Crippen LogP contribution in [0.5, 0.6) is 0 Å². The zero-order valence-electron chi connectivity index (χ0n) is 13.9. The Bertz CT molecular complexity index is 635. The maximum absolute atomic E-state index is 12.2. The van der Waals surface area contributed by atoms with Crippen molar-refractivity contribution >= 4 is 17.7 Å². The topological polar surface area (TPSA) is 59.8 Å². The molecule has 1 aliphatic carbocycles. The number of hydrogen-bond donors (Lipinski definition) is 1. The molecule has 1 N–H and O–H groups in total. The van der Waals surface area contributed by atoms with Crippen LogP contribution in [-0.2, 0) is 4.79 Å². The van der Waals surface area contributed by atoms with Crippen molar-refractivity contribution in [2.24, 2.45) is 0 Å². The lowest BCUT2D eigenvalue weighted by atomic mass is 9.97. The first-order chi connectivity index (χ1) is 11.8. The molecule has 1 saturated carbocycles. The summed E-state index contributed by atoms with van der Waals surface area (Å²) in [5.74, 6) is 0.455. The molecule has 1 aromatic heterocycles. The summed E-state index contributed by atoms with van der Waals surface area (Å²) in [5.41, 5.74) is 0.968. The summed E-state index contributed by atoms with van der Waals surface area (Å²) < 4.78 is 1.73. The molecule has 0 saturated heterocycles. The van der Waals surface area contributed by atoms with Gasteiger partial charge in [0.25, 0.3) is 0 Å². The van der Waals surface area contributed by atoms with Gasteiger partial charge in [0.2, 0.25) is 11.1 Å². The molecule has 6 heteroatoms. The first-order valence-corrected chi connectivity index (χ1v) is 9.69. The summed E-state index contributed by atoms with van der Waals surface area (Å²) in [5, 5.41) is 8.22. The van der Waals surface area contributed by atoms with Crippen LogP contribution in [0.15, 0.2) is 41.8 Å². The van der Waals surface area contributed by atoms with Gasteiger partial charge in [0.15, 0.2) is 0 Å². The van der Waals surface area contributed by atoms with E-state index in [-0.39, 0.29) is 5.91 Å². The first kappa shape index (κ1) is 17.0. The number of nitrogens with one attached hydrogen (secondary N) is 1. The first-order valence-electron chi connectivity index (χ1n) is 8.70. The van der Waals surface area contributed by atoms with E-state index in [1.54, 1.807) is 11.0 Å². The molecule has 0 bridgehead atoms. The summed E-state index contributed by atoms with van der Waals surface area (Å²) in [6.07, 6.45) is 10.3. The fourth-order valence-corrected chi connectivity index (χ4v) is 3.63. The zero-order valence-corrected chi connectivity index (χ0v) is 14.7. The predicted molar refractivity (Wildman–Crippen MR) is 96.3 cm³/mol. The molecule has 1 fully saturated rings. The molecule has 1 aromatic carbocycles. The Hall–Kier alpha value is -1.82. The van der Waals surface area contributed by atoms with E-state index < -0.39 is 0 Å². The molecule has 2 aromatic rings. The van der Waals surface area contributed by atoms with Crippen LogP contribution in [-0.4, -0.2) is 32.5 Å². The van der Waals surface area contributed by atoms with Gasteiger partial charge in [-0.05, 0) is 25.0 Å². The summed E-state index contributed by atoms with van der Waals surface area (Å²) in [4.78, 5) is 16.4. The normalized spacial score (nSPS) is 16.3. The second-order valence-corrected chi connectivity index (χ2v) is 7.15. The fourth-order valence-electron chi connectivity index (χ4n) is 3.02. The largest absolute Gasteiger partial charge is 0.353 e. The van der Waals surface area contributed by atoms with Crippen molar-refractivity contribution < 1.29 is 4.79 Å². The van der Waals surface area contributed by atoms with Crippen LogP contribution in [0.3, 0.4) is 0 Å². The molecule has 0 radical (unpaired) electrons. The SMILES string of the molecule is O=C(CSc1ncn(-c2ccccc2)n1)NC1CCCCCCC1. The Balaban J connectivity index is 1.47. The monoisotopic (exact) mass is 344 g/mol. The summed E-state index contributed by atoms with van der Waals surface area (Å²) >= 11 is 1.39. The Kier molecular flexibility index (Phi) is 6.29. The van der Waals surface area contributed by atoms with Gasteiger partial charge in [0.1, 0.15) is 6.33 Å². The number of thioether (sulfide) groups is 1. The summed E-state index contributed by atoms with van der Waals surface area (Å²) in [6.45, 7) is 0. The van der Waals surface area contributed by atoms with Crippen molar-refractivity contribution in [3.05, 3.63) is 36.7 Å². The molecule has 5 nitrogen and oxygen atoms in total. The van der Waals surface area contributed by atoms with Crippen LogP contribution in [0.1, 0.15) is 44.9 Å². The van der Waals surface area contributed by atoms with E-state index in [9.17, 15) is 4.79 Å². The number of amides is 1. The van der Waals surface area contributed by atoms with E-state index in [4.69, 9.17) is 0 Å². The van der Waals surface area contributed by atoms with Crippen molar-refractivity contribution in [3.63, 3.8) is 0 Å². The average Bonchev–Trinajstić information content (AvgIpc) is 3.05. The van der Waals surface area contributed by atoms with Crippen LogP contribution in [0.25, 0.3) is 5.69 Å². The Morgan fingerprint density at radius 3 is 2.58 bits per heavy atom. The molecule has 3 rings (SSSR count). The van der Waals surface area contributed by atoms with Crippen LogP contribution in [0.2, 0.25) is 0 Å². The average molecular weight is 344 g/mol. The minimum Gasteiger partial charge on any atom is -0.353 e. The Labute approximate surface area is 147 Å². The van der Waals surface area contributed by atoms with E-state index in [1.165, 1.54) is 43.9 Å². The standard InChI is InChI=1S/C18H24N4OS/c23-17(20-15-9-5-2-1-3-6-10-15)13-24-18-19-14-22(21-18)16-11-7-4-8-12-16/h4,7-8,11-12,14-15H,1-3,5-6,9-10,13H2,(H,20,23). The lowest BCUT2D eigenvalue weighted by Gasteiger charge is -2.20. The van der Waals surface area contributed by atoms with E-state index in [2.05, 4.69) is 15.4 Å². The molecule has 1 heterocycles. The highest BCUT2D eigenvalue weighted by atomic mass is 32.2. The van der Waals surface area contributed by atoms with Crippen LogP contribution in [0, 0.1) is 0 Å². The fraction of sp³-hybridized carbons (Fsp3) is 0.500. The van der Waals surface area contributed by atoms with E-state index in [0.29, 0.717) is 17.0 Å². The van der Waals surface area contributed by atoms with Gasteiger partial charge in [-0.15, -0.1) is 5.10 Å². The van der Waals surface area contributed by atoms with Gasteiger partial charge >= 0.3 is 0 Å².